The molecule has 4 aliphatic heterocycles. The van der Waals surface area contributed by atoms with Crippen LogP contribution in [0.4, 0.5) is 0 Å². The van der Waals surface area contributed by atoms with E-state index in [1.165, 1.54) is 0 Å². The molecule has 0 aromatic rings. The third kappa shape index (κ3) is 2.26. The van der Waals surface area contributed by atoms with Crippen molar-refractivity contribution in [3.63, 3.8) is 0 Å². The minimum Gasteiger partial charge on any atom is -0.304 e. The Morgan fingerprint density at radius 3 is 2.29 bits per heavy atom. The highest BCUT2D eigenvalue weighted by Gasteiger charge is 2.41. The number of ketones is 1. The van der Waals surface area contributed by atoms with Crippen molar-refractivity contribution >= 4 is 5.78 Å². The average molecular weight is 237 g/mol. The van der Waals surface area contributed by atoms with Crippen molar-refractivity contribution in [3.05, 3.63) is 0 Å². The third-order valence-electron chi connectivity index (χ3n) is 4.73. The maximum absolute atomic E-state index is 12.2. The number of Topliss-reactive ketones (excluding diaryl/α,β-unsaturated/α-hetero) is 1. The first kappa shape index (κ1) is 11.6. The van der Waals surface area contributed by atoms with E-state index in [1.54, 1.807) is 0 Å². The van der Waals surface area contributed by atoms with Gasteiger partial charge in [0.05, 0.1) is 6.04 Å². The van der Waals surface area contributed by atoms with Crippen LogP contribution in [0.1, 0.15) is 12.8 Å². The van der Waals surface area contributed by atoms with Crippen LogP contribution in [-0.4, -0.2) is 79.4 Å². The number of piperazine rings is 1. The van der Waals surface area contributed by atoms with Crippen molar-refractivity contribution in [1.82, 2.24) is 14.7 Å². The molecule has 0 spiro atoms. The normalized spacial score (nSPS) is 39.8. The first-order valence-corrected chi connectivity index (χ1v) is 6.93. The molecule has 0 aromatic carbocycles. The summed E-state index contributed by atoms with van der Waals surface area (Å²) < 4.78 is 0. The first-order valence-electron chi connectivity index (χ1n) is 6.93. The van der Waals surface area contributed by atoms with Gasteiger partial charge in [-0.1, -0.05) is 0 Å². The van der Waals surface area contributed by atoms with Crippen molar-refractivity contribution in [2.24, 2.45) is 5.92 Å². The lowest BCUT2D eigenvalue weighted by Gasteiger charge is -2.46. The standard InChI is InChI=1S/C13H23N3O/c1-14-6-8-15(9-7-14)10-12-13(17)11-2-4-16(12)5-3-11/h11-12H,2-10H2,1H3. The van der Waals surface area contributed by atoms with Crippen LogP contribution >= 0.6 is 0 Å². The average Bonchev–Trinajstić information content (AvgIpc) is 2.37. The van der Waals surface area contributed by atoms with Gasteiger partial charge in [-0.25, -0.2) is 0 Å². The molecule has 96 valence electrons. The van der Waals surface area contributed by atoms with Crippen molar-refractivity contribution in [2.75, 3.05) is 52.9 Å². The molecular weight excluding hydrogens is 214 g/mol. The SMILES string of the molecule is CN1CCN(CC2C(=O)C3CCN2CC3)CC1. The van der Waals surface area contributed by atoms with Crippen LogP contribution in [0.15, 0.2) is 0 Å². The van der Waals surface area contributed by atoms with E-state index in [0.717, 1.165) is 58.7 Å². The Bertz CT molecular complexity index is 291. The number of piperidine rings is 3. The molecule has 0 N–H and O–H groups in total. The molecule has 4 heterocycles. The molecule has 0 aromatic heterocycles. The molecule has 0 amide bonds. The second-order valence-corrected chi connectivity index (χ2v) is 5.83. The largest absolute Gasteiger partial charge is 0.304 e. The predicted molar refractivity (Wildman–Crippen MR) is 67.0 cm³/mol. The summed E-state index contributed by atoms with van der Waals surface area (Å²) in [6, 6.07) is 0.214. The molecule has 2 bridgehead atoms. The molecule has 4 heteroatoms. The number of nitrogens with zero attached hydrogens (tertiary/aromatic N) is 3. The van der Waals surface area contributed by atoms with Gasteiger partial charge in [0, 0.05) is 38.6 Å². The smallest absolute Gasteiger partial charge is 0.154 e. The van der Waals surface area contributed by atoms with E-state index >= 15 is 0 Å². The van der Waals surface area contributed by atoms with E-state index in [2.05, 4.69) is 21.7 Å². The minimum absolute atomic E-state index is 0.214. The highest BCUT2D eigenvalue weighted by Crippen LogP contribution is 2.29. The van der Waals surface area contributed by atoms with Crippen LogP contribution in [0.3, 0.4) is 0 Å². The van der Waals surface area contributed by atoms with Crippen LogP contribution in [0.25, 0.3) is 0 Å². The Morgan fingerprint density at radius 2 is 1.71 bits per heavy atom. The van der Waals surface area contributed by atoms with Crippen molar-refractivity contribution < 1.29 is 4.79 Å². The third-order valence-corrected chi connectivity index (χ3v) is 4.73. The fourth-order valence-corrected chi connectivity index (χ4v) is 3.43. The van der Waals surface area contributed by atoms with Gasteiger partial charge in [-0.05, 0) is 33.0 Å². The number of fused-ring (bicyclic) bond motifs is 3. The summed E-state index contributed by atoms with van der Waals surface area (Å²) in [7, 11) is 2.18. The van der Waals surface area contributed by atoms with E-state index in [1.807, 2.05) is 0 Å². The maximum atomic E-state index is 12.2. The van der Waals surface area contributed by atoms with E-state index in [4.69, 9.17) is 0 Å². The summed E-state index contributed by atoms with van der Waals surface area (Å²) in [5.74, 6) is 0.916. The van der Waals surface area contributed by atoms with Gasteiger partial charge >= 0.3 is 0 Å². The Labute approximate surface area is 104 Å². The van der Waals surface area contributed by atoms with Gasteiger partial charge < -0.3 is 4.90 Å². The van der Waals surface area contributed by atoms with Gasteiger partial charge in [0.1, 0.15) is 0 Å². The van der Waals surface area contributed by atoms with Gasteiger partial charge in [-0.15, -0.1) is 0 Å². The molecule has 4 saturated heterocycles. The van der Waals surface area contributed by atoms with Crippen LogP contribution in [0.2, 0.25) is 0 Å². The van der Waals surface area contributed by atoms with Gasteiger partial charge in [0.2, 0.25) is 0 Å². The molecule has 0 aliphatic carbocycles. The van der Waals surface area contributed by atoms with E-state index in [-0.39, 0.29) is 6.04 Å². The van der Waals surface area contributed by atoms with Gasteiger partial charge in [0.15, 0.2) is 5.78 Å². The Hall–Kier alpha value is -0.450. The topological polar surface area (TPSA) is 26.8 Å². The fourth-order valence-electron chi connectivity index (χ4n) is 3.43. The highest BCUT2D eigenvalue weighted by atomic mass is 16.1. The first-order chi connectivity index (χ1) is 8.24. The Balaban J connectivity index is 1.59. The lowest BCUT2D eigenvalue weighted by atomic mass is 9.82. The van der Waals surface area contributed by atoms with Crippen molar-refractivity contribution in [3.8, 4) is 0 Å². The van der Waals surface area contributed by atoms with Crippen LogP contribution in [0, 0.1) is 5.92 Å². The van der Waals surface area contributed by atoms with E-state index in [0.29, 0.717) is 11.7 Å². The molecule has 17 heavy (non-hydrogen) atoms. The lowest BCUT2D eigenvalue weighted by Crippen LogP contribution is -2.60. The van der Waals surface area contributed by atoms with Gasteiger partial charge in [0.25, 0.3) is 0 Å². The summed E-state index contributed by atoms with van der Waals surface area (Å²) in [5.41, 5.74) is 0. The minimum atomic E-state index is 0.214. The molecule has 0 radical (unpaired) electrons. The molecule has 4 rings (SSSR count). The zero-order valence-electron chi connectivity index (χ0n) is 10.8. The number of carbonyl (C=O) groups excluding carboxylic acids is 1. The summed E-state index contributed by atoms with van der Waals surface area (Å²) in [6.07, 6.45) is 2.22. The summed E-state index contributed by atoms with van der Waals surface area (Å²) in [4.78, 5) is 19.5. The number of likely N-dealkylation sites (N-methyl/N-ethyl adjacent to an activating group) is 1. The van der Waals surface area contributed by atoms with Crippen LogP contribution in [0.5, 0.6) is 0 Å². The number of carbonyl (C=O) groups is 1. The van der Waals surface area contributed by atoms with E-state index in [9.17, 15) is 4.79 Å². The van der Waals surface area contributed by atoms with Crippen molar-refractivity contribution in [2.45, 2.75) is 18.9 Å². The number of hydrogen-bond acceptors (Lipinski definition) is 4. The number of hydrogen-bond donors (Lipinski definition) is 0. The quantitative estimate of drug-likeness (QED) is 0.670. The summed E-state index contributed by atoms with van der Waals surface area (Å²) in [6.45, 7) is 7.80. The Kier molecular flexibility index (Phi) is 3.19. The monoisotopic (exact) mass is 237 g/mol. The van der Waals surface area contributed by atoms with Gasteiger partial charge in [-0.2, -0.15) is 0 Å². The molecule has 0 saturated carbocycles. The molecule has 1 unspecified atom stereocenters. The van der Waals surface area contributed by atoms with Crippen LogP contribution < -0.4 is 0 Å². The summed E-state index contributed by atoms with van der Waals surface area (Å²) in [5, 5.41) is 0. The second-order valence-electron chi connectivity index (χ2n) is 5.83. The van der Waals surface area contributed by atoms with Crippen molar-refractivity contribution in [1.29, 1.82) is 0 Å². The molecule has 4 fully saturated rings. The molecule has 4 aliphatic rings. The number of rotatable bonds is 2. The highest BCUT2D eigenvalue weighted by molar-refractivity contribution is 5.88. The molecule has 1 atom stereocenters. The second kappa shape index (κ2) is 4.67. The zero-order valence-corrected chi connectivity index (χ0v) is 10.8. The molecule has 4 nitrogen and oxygen atoms in total. The Morgan fingerprint density at radius 1 is 1.06 bits per heavy atom. The maximum Gasteiger partial charge on any atom is 0.154 e. The van der Waals surface area contributed by atoms with Crippen LogP contribution in [-0.2, 0) is 4.79 Å². The summed E-state index contributed by atoms with van der Waals surface area (Å²) >= 11 is 0. The molecular formula is C13H23N3O. The van der Waals surface area contributed by atoms with Gasteiger partial charge in [-0.3, -0.25) is 14.6 Å². The zero-order chi connectivity index (χ0) is 11.8. The fraction of sp³-hybridized carbons (Fsp3) is 0.923. The predicted octanol–water partition coefficient (Wildman–Crippen LogP) is -0.103. The lowest BCUT2D eigenvalue weighted by molar-refractivity contribution is -0.138. The van der Waals surface area contributed by atoms with E-state index < -0.39 is 0 Å².